The molecule has 1 fully saturated rings. The highest BCUT2D eigenvalue weighted by Crippen LogP contribution is 2.23. The van der Waals surface area contributed by atoms with Gasteiger partial charge in [0.15, 0.2) is 0 Å². The van der Waals surface area contributed by atoms with E-state index in [9.17, 15) is 14.4 Å². The van der Waals surface area contributed by atoms with Crippen LogP contribution in [0.25, 0.3) is 0 Å². The van der Waals surface area contributed by atoms with E-state index in [4.69, 9.17) is 5.73 Å². The molecule has 7 heteroatoms. The minimum absolute atomic E-state index is 0.0647. The fraction of sp³-hybridized carbons (Fsp3) is 0.550. The number of hydrogen-bond acceptors (Lipinski definition) is 4. The minimum atomic E-state index is -0.949. The summed E-state index contributed by atoms with van der Waals surface area (Å²) in [4.78, 5) is 40.4. The fourth-order valence-corrected chi connectivity index (χ4v) is 3.23. The van der Waals surface area contributed by atoms with Gasteiger partial charge in [0, 0.05) is 32.2 Å². The van der Waals surface area contributed by atoms with Crippen molar-refractivity contribution in [1.82, 2.24) is 14.7 Å². The summed E-state index contributed by atoms with van der Waals surface area (Å²) in [5.74, 6) is -1.56. The quantitative estimate of drug-likeness (QED) is 0.791. The maximum atomic E-state index is 12.7. The van der Waals surface area contributed by atoms with Crippen LogP contribution < -0.4 is 5.73 Å². The second-order valence-corrected chi connectivity index (χ2v) is 7.74. The maximum Gasteiger partial charge on any atom is 0.311 e. The molecule has 1 atom stereocenters. The highest BCUT2D eigenvalue weighted by atomic mass is 16.2. The van der Waals surface area contributed by atoms with Crippen molar-refractivity contribution in [3.05, 3.63) is 36.4 Å². The Morgan fingerprint density at radius 2 is 1.52 bits per heavy atom. The van der Waals surface area contributed by atoms with E-state index in [1.807, 2.05) is 76.2 Å². The standard InChI is InChI=1S/C14H26N4O3.C6H6/c1-10-8-17(12(20)11(15)19)6-7-18(10)13(21)14(2,3)9-16(4)5;1-2-4-6-5-3-1/h10H,6-9H2,1-5H3,(H2,15,19);1-6H. The van der Waals surface area contributed by atoms with Crippen molar-refractivity contribution in [2.45, 2.75) is 26.8 Å². The van der Waals surface area contributed by atoms with E-state index in [1.54, 1.807) is 4.90 Å². The molecule has 1 aliphatic rings. The minimum Gasteiger partial charge on any atom is -0.361 e. The fourth-order valence-electron chi connectivity index (χ4n) is 3.23. The average molecular weight is 377 g/mol. The van der Waals surface area contributed by atoms with Crippen LogP contribution in [-0.4, -0.2) is 78.7 Å². The number of amides is 3. The number of hydrogen-bond donors (Lipinski definition) is 1. The zero-order chi connectivity index (χ0) is 20.6. The monoisotopic (exact) mass is 376 g/mol. The molecule has 2 rings (SSSR count). The van der Waals surface area contributed by atoms with Crippen molar-refractivity contribution in [3.8, 4) is 0 Å². The van der Waals surface area contributed by atoms with E-state index >= 15 is 0 Å². The zero-order valence-electron chi connectivity index (χ0n) is 17.0. The number of piperazine rings is 1. The van der Waals surface area contributed by atoms with Crippen LogP contribution in [0.4, 0.5) is 0 Å². The van der Waals surface area contributed by atoms with Gasteiger partial charge in [0.25, 0.3) is 0 Å². The van der Waals surface area contributed by atoms with E-state index in [0.717, 1.165) is 0 Å². The maximum absolute atomic E-state index is 12.7. The molecule has 0 saturated carbocycles. The Balaban J connectivity index is 0.000000511. The summed E-state index contributed by atoms with van der Waals surface area (Å²) in [6, 6.07) is 11.9. The molecule has 1 heterocycles. The molecule has 0 radical (unpaired) electrons. The predicted molar refractivity (Wildman–Crippen MR) is 106 cm³/mol. The van der Waals surface area contributed by atoms with Crippen molar-refractivity contribution >= 4 is 17.7 Å². The Morgan fingerprint density at radius 1 is 1.04 bits per heavy atom. The molecule has 27 heavy (non-hydrogen) atoms. The van der Waals surface area contributed by atoms with Crippen molar-refractivity contribution in [2.75, 3.05) is 40.3 Å². The molecular formula is C20H32N4O3. The van der Waals surface area contributed by atoms with Crippen molar-refractivity contribution < 1.29 is 14.4 Å². The molecule has 1 aromatic carbocycles. The first-order valence-electron chi connectivity index (χ1n) is 9.10. The highest BCUT2D eigenvalue weighted by Gasteiger charge is 2.38. The molecule has 0 bridgehead atoms. The highest BCUT2D eigenvalue weighted by molar-refractivity contribution is 6.34. The molecule has 1 unspecified atom stereocenters. The van der Waals surface area contributed by atoms with Crippen LogP contribution in [0.1, 0.15) is 20.8 Å². The normalized spacial score (nSPS) is 17.2. The van der Waals surface area contributed by atoms with Crippen LogP contribution in [0.3, 0.4) is 0 Å². The first-order valence-corrected chi connectivity index (χ1v) is 9.10. The number of carbonyl (C=O) groups excluding carboxylic acids is 3. The third kappa shape index (κ3) is 7.02. The number of benzene rings is 1. The Kier molecular flexibility index (Phi) is 8.43. The molecule has 1 aromatic rings. The van der Waals surface area contributed by atoms with Crippen LogP contribution in [0.2, 0.25) is 0 Å². The summed E-state index contributed by atoms with van der Waals surface area (Å²) in [7, 11) is 3.86. The van der Waals surface area contributed by atoms with Gasteiger partial charge >= 0.3 is 11.8 Å². The number of carbonyl (C=O) groups is 3. The number of rotatable bonds is 3. The Morgan fingerprint density at radius 3 is 1.89 bits per heavy atom. The predicted octanol–water partition coefficient (Wildman–Crippen LogP) is 0.805. The lowest BCUT2D eigenvalue weighted by Crippen LogP contribution is -2.60. The third-order valence-electron chi connectivity index (χ3n) is 4.34. The van der Waals surface area contributed by atoms with E-state index in [2.05, 4.69) is 0 Å². The van der Waals surface area contributed by atoms with Crippen LogP contribution in [0, 0.1) is 5.41 Å². The first kappa shape index (κ1) is 22.6. The van der Waals surface area contributed by atoms with Gasteiger partial charge < -0.3 is 20.4 Å². The van der Waals surface area contributed by atoms with Gasteiger partial charge in [0.1, 0.15) is 0 Å². The lowest BCUT2D eigenvalue weighted by atomic mass is 9.90. The molecular weight excluding hydrogens is 344 g/mol. The third-order valence-corrected chi connectivity index (χ3v) is 4.34. The molecule has 150 valence electrons. The second-order valence-electron chi connectivity index (χ2n) is 7.74. The average Bonchev–Trinajstić information content (AvgIpc) is 2.61. The van der Waals surface area contributed by atoms with Crippen molar-refractivity contribution in [2.24, 2.45) is 11.1 Å². The lowest BCUT2D eigenvalue weighted by molar-refractivity contribution is -0.152. The first-order chi connectivity index (χ1) is 12.6. The summed E-state index contributed by atoms with van der Waals surface area (Å²) in [5.41, 5.74) is 4.52. The van der Waals surface area contributed by atoms with Crippen LogP contribution in [0.5, 0.6) is 0 Å². The zero-order valence-corrected chi connectivity index (χ0v) is 17.0. The smallest absolute Gasteiger partial charge is 0.311 e. The summed E-state index contributed by atoms with van der Waals surface area (Å²) < 4.78 is 0. The summed E-state index contributed by atoms with van der Waals surface area (Å²) in [5, 5.41) is 0. The SMILES string of the molecule is CC1CN(C(=O)C(N)=O)CCN1C(=O)C(C)(C)CN(C)C.c1ccccc1. The topological polar surface area (TPSA) is 87.0 Å². The van der Waals surface area contributed by atoms with Gasteiger partial charge in [-0.1, -0.05) is 36.4 Å². The number of primary amides is 1. The van der Waals surface area contributed by atoms with Gasteiger partial charge in [-0.05, 0) is 34.9 Å². The largest absolute Gasteiger partial charge is 0.361 e. The van der Waals surface area contributed by atoms with E-state index in [-0.39, 0.29) is 11.9 Å². The second kappa shape index (κ2) is 10.1. The Bertz CT molecular complexity index is 605. The molecule has 0 spiro atoms. The lowest BCUT2D eigenvalue weighted by Gasteiger charge is -2.43. The van der Waals surface area contributed by atoms with Gasteiger partial charge in [0.05, 0.1) is 5.41 Å². The summed E-state index contributed by atoms with van der Waals surface area (Å²) >= 11 is 0. The molecule has 1 saturated heterocycles. The van der Waals surface area contributed by atoms with Gasteiger partial charge in [-0.3, -0.25) is 14.4 Å². The van der Waals surface area contributed by atoms with E-state index in [1.165, 1.54) is 4.90 Å². The molecule has 1 aliphatic heterocycles. The Hall–Kier alpha value is -2.41. The van der Waals surface area contributed by atoms with Gasteiger partial charge in [-0.15, -0.1) is 0 Å². The molecule has 0 aromatic heterocycles. The van der Waals surface area contributed by atoms with Crippen molar-refractivity contribution in [1.29, 1.82) is 0 Å². The molecule has 0 aliphatic carbocycles. The van der Waals surface area contributed by atoms with Crippen LogP contribution >= 0.6 is 0 Å². The number of nitrogens with zero attached hydrogens (tertiary/aromatic N) is 3. The molecule has 3 amide bonds. The number of nitrogens with two attached hydrogens (primary N) is 1. The summed E-state index contributed by atoms with van der Waals surface area (Å²) in [6.45, 7) is 7.48. The van der Waals surface area contributed by atoms with Gasteiger partial charge in [0.2, 0.25) is 5.91 Å². The van der Waals surface area contributed by atoms with Crippen LogP contribution in [-0.2, 0) is 14.4 Å². The van der Waals surface area contributed by atoms with Crippen molar-refractivity contribution in [3.63, 3.8) is 0 Å². The van der Waals surface area contributed by atoms with E-state index < -0.39 is 17.2 Å². The molecule has 2 N–H and O–H groups in total. The Labute approximate surface area is 162 Å². The van der Waals surface area contributed by atoms with E-state index in [0.29, 0.717) is 26.2 Å². The molecule has 7 nitrogen and oxygen atoms in total. The van der Waals surface area contributed by atoms with Crippen LogP contribution in [0.15, 0.2) is 36.4 Å². The van der Waals surface area contributed by atoms with Gasteiger partial charge in [-0.2, -0.15) is 0 Å². The van der Waals surface area contributed by atoms with Gasteiger partial charge in [-0.25, -0.2) is 0 Å². The summed E-state index contributed by atoms with van der Waals surface area (Å²) in [6.07, 6.45) is 0.